The predicted molar refractivity (Wildman–Crippen MR) is 82.4 cm³/mol. The fraction of sp³-hybridized carbons (Fsp3) is 0.0714. The van der Waals surface area contributed by atoms with Gasteiger partial charge in [-0.1, -0.05) is 23.2 Å². The minimum Gasteiger partial charge on any atom is -0.508 e. The lowest BCUT2D eigenvalue weighted by Gasteiger charge is -2.08. The highest BCUT2D eigenvalue weighted by molar-refractivity contribution is 6.35. The summed E-state index contributed by atoms with van der Waals surface area (Å²) in [4.78, 5) is 22.2. The smallest absolute Gasteiger partial charge is 0.270 e. The Bertz CT molecular complexity index is 750. The third-order valence-electron chi connectivity index (χ3n) is 2.89. The van der Waals surface area contributed by atoms with Crippen LogP contribution >= 0.6 is 23.2 Å². The van der Waals surface area contributed by atoms with E-state index in [1.807, 2.05) is 0 Å². The summed E-state index contributed by atoms with van der Waals surface area (Å²) >= 11 is 11.7. The van der Waals surface area contributed by atoms with Crippen LogP contribution in [-0.2, 0) is 6.54 Å². The van der Waals surface area contributed by atoms with Gasteiger partial charge in [0.1, 0.15) is 5.75 Å². The number of nitro groups is 1. The van der Waals surface area contributed by atoms with Crippen molar-refractivity contribution in [3.8, 4) is 5.75 Å². The van der Waals surface area contributed by atoms with Gasteiger partial charge in [0.25, 0.3) is 11.6 Å². The number of halogens is 2. The zero-order chi connectivity index (χ0) is 16.3. The summed E-state index contributed by atoms with van der Waals surface area (Å²) in [6, 6.07) is 8.01. The van der Waals surface area contributed by atoms with Gasteiger partial charge in [0.15, 0.2) is 0 Å². The Morgan fingerprint density at radius 1 is 1.23 bits per heavy atom. The lowest BCUT2D eigenvalue weighted by molar-refractivity contribution is -0.384. The van der Waals surface area contributed by atoms with Crippen molar-refractivity contribution in [3.05, 3.63) is 67.7 Å². The van der Waals surface area contributed by atoms with E-state index in [2.05, 4.69) is 5.32 Å². The number of benzene rings is 2. The molecule has 0 bridgehead atoms. The summed E-state index contributed by atoms with van der Waals surface area (Å²) in [5, 5.41) is 23.5. The van der Waals surface area contributed by atoms with Crippen LogP contribution in [0, 0.1) is 10.1 Å². The number of nitro benzene ring substituents is 1. The molecular weight excluding hydrogens is 331 g/mol. The second kappa shape index (κ2) is 6.64. The van der Waals surface area contributed by atoms with Crippen LogP contribution in [0.25, 0.3) is 0 Å². The minimum atomic E-state index is -0.585. The molecule has 6 nitrogen and oxygen atoms in total. The van der Waals surface area contributed by atoms with E-state index < -0.39 is 10.8 Å². The van der Waals surface area contributed by atoms with E-state index in [1.54, 1.807) is 6.07 Å². The molecule has 114 valence electrons. The van der Waals surface area contributed by atoms with Crippen LogP contribution in [0.5, 0.6) is 5.75 Å². The first kappa shape index (κ1) is 16.1. The molecule has 2 aromatic rings. The number of phenols is 1. The van der Waals surface area contributed by atoms with Crippen LogP contribution in [0.1, 0.15) is 15.9 Å². The minimum absolute atomic E-state index is 0.0881. The van der Waals surface area contributed by atoms with Crippen molar-refractivity contribution < 1.29 is 14.8 Å². The monoisotopic (exact) mass is 340 g/mol. The van der Waals surface area contributed by atoms with E-state index in [9.17, 15) is 20.0 Å². The van der Waals surface area contributed by atoms with E-state index in [0.717, 1.165) is 0 Å². The van der Waals surface area contributed by atoms with Crippen molar-refractivity contribution >= 4 is 34.8 Å². The number of hydrogen-bond acceptors (Lipinski definition) is 4. The maximum absolute atomic E-state index is 12.1. The molecule has 0 spiro atoms. The van der Waals surface area contributed by atoms with Gasteiger partial charge in [-0.05, 0) is 24.3 Å². The quantitative estimate of drug-likeness (QED) is 0.657. The Kier molecular flexibility index (Phi) is 4.85. The molecule has 0 aliphatic heterocycles. The number of nitrogens with one attached hydrogen (secondary N) is 1. The van der Waals surface area contributed by atoms with E-state index in [1.165, 1.54) is 30.3 Å². The number of nitrogens with zero attached hydrogens (tertiary/aromatic N) is 1. The number of carbonyl (C=O) groups excluding carboxylic acids is 1. The highest BCUT2D eigenvalue weighted by Gasteiger charge is 2.14. The van der Waals surface area contributed by atoms with Crippen LogP contribution in [0.4, 0.5) is 5.69 Å². The molecule has 1 amide bonds. The largest absolute Gasteiger partial charge is 0.508 e. The fourth-order valence-corrected chi connectivity index (χ4v) is 2.14. The average molecular weight is 341 g/mol. The summed E-state index contributed by atoms with van der Waals surface area (Å²) in [7, 11) is 0. The highest BCUT2D eigenvalue weighted by atomic mass is 35.5. The van der Waals surface area contributed by atoms with Crippen LogP contribution < -0.4 is 5.32 Å². The van der Waals surface area contributed by atoms with Crippen LogP contribution in [0.15, 0.2) is 36.4 Å². The van der Waals surface area contributed by atoms with Crippen LogP contribution in [-0.4, -0.2) is 15.9 Å². The average Bonchev–Trinajstić information content (AvgIpc) is 2.48. The summed E-state index contributed by atoms with van der Waals surface area (Å²) in [5.41, 5.74) is 0.225. The van der Waals surface area contributed by atoms with Crippen molar-refractivity contribution in [1.29, 1.82) is 0 Å². The SMILES string of the molecule is O=C(NCc1cc([N+](=O)[O-])ccc1O)c1cc(Cl)ccc1Cl. The van der Waals surface area contributed by atoms with Gasteiger partial charge < -0.3 is 10.4 Å². The molecular formula is C14H10Cl2N2O4. The molecule has 0 saturated heterocycles. The molecule has 22 heavy (non-hydrogen) atoms. The third-order valence-corrected chi connectivity index (χ3v) is 3.45. The molecule has 8 heteroatoms. The van der Waals surface area contributed by atoms with Gasteiger partial charge >= 0.3 is 0 Å². The summed E-state index contributed by atoms with van der Waals surface area (Å²) < 4.78 is 0. The van der Waals surface area contributed by atoms with E-state index >= 15 is 0 Å². The molecule has 0 fully saturated rings. The van der Waals surface area contributed by atoms with Crippen molar-refractivity contribution in [2.24, 2.45) is 0 Å². The Hall–Kier alpha value is -2.31. The van der Waals surface area contributed by atoms with Gasteiger partial charge in [0.2, 0.25) is 0 Å². The summed E-state index contributed by atoms with van der Waals surface area (Å²) in [6.07, 6.45) is 0. The van der Waals surface area contributed by atoms with Gasteiger partial charge in [0.05, 0.1) is 15.5 Å². The van der Waals surface area contributed by atoms with Crippen molar-refractivity contribution in [1.82, 2.24) is 5.32 Å². The predicted octanol–water partition coefficient (Wildman–Crippen LogP) is 3.54. The number of non-ortho nitro benzene ring substituents is 1. The molecule has 2 N–H and O–H groups in total. The summed E-state index contributed by atoms with van der Waals surface area (Å²) in [5.74, 6) is -0.651. The van der Waals surface area contributed by atoms with Crippen molar-refractivity contribution in [3.63, 3.8) is 0 Å². The first-order chi connectivity index (χ1) is 10.4. The van der Waals surface area contributed by atoms with Gasteiger partial charge in [-0.2, -0.15) is 0 Å². The lowest BCUT2D eigenvalue weighted by atomic mass is 10.1. The Morgan fingerprint density at radius 2 is 1.95 bits per heavy atom. The number of hydrogen-bond donors (Lipinski definition) is 2. The summed E-state index contributed by atoms with van der Waals surface area (Å²) in [6.45, 7) is -0.0881. The molecule has 0 saturated carbocycles. The molecule has 0 heterocycles. The zero-order valence-corrected chi connectivity index (χ0v) is 12.6. The first-order valence-electron chi connectivity index (χ1n) is 6.08. The lowest BCUT2D eigenvalue weighted by Crippen LogP contribution is -2.23. The standard InChI is InChI=1S/C14H10Cl2N2O4/c15-9-1-3-12(16)11(6-9)14(20)17-7-8-5-10(18(21)22)2-4-13(8)19/h1-6,19H,7H2,(H,17,20). The Balaban J connectivity index is 2.16. The van der Waals surface area contributed by atoms with E-state index in [-0.39, 0.29) is 34.1 Å². The van der Waals surface area contributed by atoms with Gasteiger partial charge in [-0.15, -0.1) is 0 Å². The maximum Gasteiger partial charge on any atom is 0.270 e. The van der Waals surface area contributed by atoms with Crippen molar-refractivity contribution in [2.75, 3.05) is 0 Å². The van der Waals surface area contributed by atoms with Gasteiger partial charge in [-0.25, -0.2) is 0 Å². The molecule has 0 aliphatic rings. The second-order valence-electron chi connectivity index (χ2n) is 4.38. The molecule has 0 atom stereocenters. The normalized spacial score (nSPS) is 10.3. The first-order valence-corrected chi connectivity index (χ1v) is 6.83. The van der Waals surface area contributed by atoms with Gasteiger partial charge in [-0.3, -0.25) is 14.9 Å². The number of carbonyl (C=O) groups is 1. The van der Waals surface area contributed by atoms with E-state index in [0.29, 0.717) is 5.02 Å². The molecule has 2 rings (SSSR count). The number of phenolic OH excluding ortho intramolecular Hbond substituents is 1. The number of aromatic hydroxyl groups is 1. The number of amides is 1. The number of rotatable bonds is 4. The van der Waals surface area contributed by atoms with Gasteiger partial charge in [0, 0.05) is 29.3 Å². The second-order valence-corrected chi connectivity index (χ2v) is 5.22. The molecule has 0 unspecified atom stereocenters. The molecule has 0 radical (unpaired) electrons. The fourth-order valence-electron chi connectivity index (χ4n) is 1.77. The maximum atomic E-state index is 12.1. The van der Waals surface area contributed by atoms with Crippen LogP contribution in [0.2, 0.25) is 10.0 Å². The Morgan fingerprint density at radius 3 is 2.64 bits per heavy atom. The molecule has 0 aliphatic carbocycles. The zero-order valence-electron chi connectivity index (χ0n) is 11.0. The topological polar surface area (TPSA) is 92.5 Å². The van der Waals surface area contributed by atoms with E-state index in [4.69, 9.17) is 23.2 Å². The highest BCUT2D eigenvalue weighted by Crippen LogP contribution is 2.24. The van der Waals surface area contributed by atoms with Crippen LogP contribution in [0.3, 0.4) is 0 Å². The molecule has 2 aromatic carbocycles. The van der Waals surface area contributed by atoms with Crippen molar-refractivity contribution in [2.45, 2.75) is 6.54 Å². The molecule has 0 aromatic heterocycles. The third kappa shape index (κ3) is 3.66. The Labute approximate surface area is 135 Å².